The quantitative estimate of drug-likeness (QED) is 0.207. The molecule has 1 aromatic heterocycles. The zero-order chi connectivity index (χ0) is 22.1. The van der Waals surface area contributed by atoms with Crippen LogP contribution in [0.25, 0.3) is 33.7 Å². The molecule has 1 aliphatic carbocycles. The Morgan fingerprint density at radius 1 is 0.906 bits per heavy atom. The Morgan fingerprint density at radius 3 is 2.38 bits per heavy atom. The van der Waals surface area contributed by atoms with Crippen molar-refractivity contribution in [3.05, 3.63) is 108 Å². The van der Waals surface area contributed by atoms with Crippen LogP contribution in [0.4, 0.5) is 0 Å². The van der Waals surface area contributed by atoms with Crippen molar-refractivity contribution >= 4 is 28.5 Å². The van der Waals surface area contributed by atoms with Gasteiger partial charge < -0.3 is 4.74 Å². The van der Waals surface area contributed by atoms with Crippen molar-refractivity contribution in [1.29, 1.82) is 0 Å². The fourth-order valence-corrected chi connectivity index (χ4v) is 4.24. The second kappa shape index (κ2) is 8.27. The first-order valence-electron chi connectivity index (χ1n) is 10.8. The highest BCUT2D eigenvalue weighted by molar-refractivity contribution is 6.04. The Kier molecular flexibility index (Phi) is 5.16. The van der Waals surface area contributed by atoms with Crippen LogP contribution in [0.3, 0.4) is 0 Å². The number of para-hydroxylation sites is 1. The summed E-state index contributed by atoms with van der Waals surface area (Å²) in [5.74, 6) is 0.107. The van der Waals surface area contributed by atoms with Crippen molar-refractivity contribution in [3.8, 4) is 16.9 Å². The lowest BCUT2D eigenvalue weighted by atomic mass is 9.92. The molecular weight excluding hydrogens is 394 g/mol. The second-order valence-electron chi connectivity index (χ2n) is 8.10. The number of ether oxygens (including phenoxy) is 1. The van der Waals surface area contributed by atoms with Gasteiger partial charge in [0.2, 0.25) is 0 Å². The number of aryl methyl sites for hydroxylation is 1. The van der Waals surface area contributed by atoms with E-state index in [-0.39, 0.29) is 0 Å². The van der Waals surface area contributed by atoms with Gasteiger partial charge in [-0.25, -0.2) is 4.79 Å². The van der Waals surface area contributed by atoms with Gasteiger partial charge in [-0.3, -0.25) is 4.98 Å². The third-order valence-corrected chi connectivity index (χ3v) is 5.76. The van der Waals surface area contributed by atoms with E-state index < -0.39 is 5.97 Å². The first kappa shape index (κ1) is 20.0. The number of aromatic nitrogens is 1. The predicted molar refractivity (Wildman–Crippen MR) is 130 cm³/mol. The molecule has 0 radical (unpaired) electrons. The standard InChI is InChI=1S/C29H23NO2/c1-19(2)29(31)32-23-15-12-20(13-16-23)18-22-14-17-26-28(22)27(21-8-4-3-5-9-21)24-10-6-7-11-25(24)30-26/h3-13,15-16,18H,1,14,17H2,2H3. The monoisotopic (exact) mass is 417 g/mol. The van der Waals surface area contributed by atoms with E-state index in [0.717, 1.165) is 29.6 Å². The van der Waals surface area contributed by atoms with Crippen molar-refractivity contribution in [2.24, 2.45) is 0 Å². The minimum absolute atomic E-state index is 0.381. The van der Waals surface area contributed by atoms with Crippen LogP contribution >= 0.6 is 0 Å². The Morgan fingerprint density at radius 2 is 1.62 bits per heavy atom. The number of esters is 1. The maximum atomic E-state index is 11.8. The highest BCUT2D eigenvalue weighted by Crippen LogP contribution is 2.43. The van der Waals surface area contributed by atoms with Gasteiger partial charge in [0.15, 0.2) is 0 Å². The number of allylic oxidation sites excluding steroid dienone is 1. The lowest BCUT2D eigenvalue weighted by Gasteiger charge is -2.14. The highest BCUT2D eigenvalue weighted by atomic mass is 16.5. The van der Waals surface area contributed by atoms with E-state index in [4.69, 9.17) is 9.72 Å². The summed E-state index contributed by atoms with van der Waals surface area (Å²) in [6.45, 7) is 5.26. The summed E-state index contributed by atoms with van der Waals surface area (Å²) in [6, 6.07) is 26.5. The van der Waals surface area contributed by atoms with Crippen LogP contribution in [0.5, 0.6) is 5.75 Å². The zero-order valence-electron chi connectivity index (χ0n) is 18.0. The van der Waals surface area contributed by atoms with E-state index in [1.807, 2.05) is 36.4 Å². The van der Waals surface area contributed by atoms with Crippen molar-refractivity contribution in [2.45, 2.75) is 19.8 Å². The normalized spacial score (nSPS) is 13.8. The summed E-state index contributed by atoms with van der Waals surface area (Å²) in [6.07, 6.45) is 4.10. The molecule has 0 bridgehead atoms. The number of rotatable bonds is 4. The van der Waals surface area contributed by atoms with E-state index in [2.05, 4.69) is 55.1 Å². The maximum absolute atomic E-state index is 11.8. The minimum atomic E-state index is -0.411. The van der Waals surface area contributed by atoms with Crippen LogP contribution in [0.2, 0.25) is 0 Å². The van der Waals surface area contributed by atoms with Gasteiger partial charge in [0.1, 0.15) is 5.75 Å². The molecule has 4 aromatic rings. The molecule has 5 rings (SSSR count). The van der Waals surface area contributed by atoms with Crippen LogP contribution in [-0.2, 0) is 11.2 Å². The summed E-state index contributed by atoms with van der Waals surface area (Å²) in [4.78, 5) is 16.7. The molecule has 0 spiro atoms. The van der Waals surface area contributed by atoms with Crippen molar-refractivity contribution in [3.63, 3.8) is 0 Å². The molecular formula is C29H23NO2. The van der Waals surface area contributed by atoms with Crippen LogP contribution in [0.15, 0.2) is 91.0 Å². The number of fused-ring (bicyclic) bond motifs is 2. The maximum Gasteiger partial charge on any atom is 0.338 e. The minimum Gasteiger partial charge on any atom is -0.423 e. The molecule has 0 fully saturated rings. The fraction of sp³-hybridized carbons (Fsp3) is 0.103. The smallest absolute Gasteiger partial charge is 0.338 e. The van der Waals surface area contributed by atoms with Gasteiger partial charge in [0.05, 0.1) is 5.52 Å². The summed E-state index contributed by atoms with van der Waals surface area (Å²) >= 11 is 0. The van der Waals surface area contributed by atoms with E-state index in [1.165, 1.54) is 27.6 Å². The van der Waals surface area contributed by atoms with Gasteiger partial charge in [0.25, 0.3) is 0 Å². The second-order valence-corrected chi connectivity index (χ2v) is 8.10. The highest BCUT2D eigenvalue weighted by Gasteiger charge is 2.24. The van der Waals surface area contributed by atoms with Crippen LogP contribution in [0, 0.1) is 0 Å². The molecule has 3 aromatic carbocycles. The Balaban J connectivity index is 1.59. The number of carbonyl (C=O) groups excluding carboxylic acids is 1. The average molecular weight is 418 g/mol. The van der Waals surface area contributed by atoms with Gasteiger partial charge >= 0.3 is 5.97 Å². The number of nitrogens with zero attached hydrogens (tertiary/aromatic N) is 1. The van der Waals surface area contributed by atoms with Crippen molar-refractivity contribution in [2.75, 3.05) is 0 Å². The summed E-state index contributed by atoms with van der Waals surface area (Å²) in [5, 5.41) is 1.17. The first-order chi connectivity index (χ1) is 15.6. The van der Waals surface area contributed by atoms with Gasteiger partial charge in [-0.2, -0.15) is 0 Å². The molecule has 156 valence electrons. The Labute approximate surface area is 187 Å². The topological polar surface area (TPSA) is 39.2 Å². The summed E-state index contributed by atoms with van der Waals surface area (Å²) in [7, 11) is 0. The molecule has 0 atom stereocenters. The van der Waals surface area contributed by atoms with E-state index in [0.29, 0.717) is 11.3 Å². The van der Waals surface area contributed by atoms with Crippen LogP contribution in [-0.4, -0.2) is 11.0 Å². The van der Waals surface area contributed by atoms with Gasteiger partial charge in [-0.05, 0) is 54.7 Å². The molecule has 0 saturated heterocycles. The molecule has 0 amide bonds. The SMILES string of the molecule is C=C(C)C(=O)Oc1ccc(C=C2CCc3nc4ccccc4c(-c4ccccc4)c32)cc1. The van der Waals surface area contributed by atoms with E-state index >= 15 is 0 Å². The lowest BCUT2D eigenvalue weighted by molar-refractivity contribution is -0.130. The molecule has 3 nitrogen and oxygen atoms in total. The summed E-state index contributed by atoms with van der Waals surface area (Å²) < 4.78 is 5.31. The van der Waals surface area contributed by atoms with Gasteiger partial charge in [-0.15, -0.1) is 0 Å². The van der Waals surface area contributed by atoms with E-state index in [9.17, 15) is 4.79 Å². The van der Waals surface area contributed by atoms with Gasteiger partial charge in [0, 0.05) is 27.8 Å². The summed E-state index contributed by atoms with van der Waals surface area (Å²) in [5.41, 5.74) is 8.62. The number of carbonyl (C=O) groups is 1. The fourth-order valence-electron chi connectivity index (χ4n) is 4.24. The Bertz CT molecular complexity index is 1370. The lowest BCUT2D eigenvalue weighted by Crippen LogP contribution is -2.07. The number of benzene rings is 3. The van der Waals surface area contributed by atoms with Crippen molar-refractivity contribution < 1.29 is 9.53 Å². The largest absolute Gasteiger partial charge is 0.423 e. The van der Waals surface area contributed by atoms with Crippen LogP contribution < -0.4 is 4.74 Å². The molecule has 1 heterocycles. The third-order valence-electron chi connectivity index (χ3n) is 5.76. The van der Waals surface area contributed by atoms with Gasteiger partial charge in [-0.1, -0.05) is 73.3 Å². The molecule has 3 heteroatoms. The Hall–Kier alpha value is -3.98. The first-order valence-corrected chi connectivity index (χ1v) is 10.8. The van der Waals surface area contributed by atoms with E-state index in [1.54, 1.807) is 6.92 Å². The molecule has 0 saturated carbocycles. The third kappa shape index (κ3) is 3.74. The molecule has 0 unspecified atom stereocenters. The number of hydrogen-bond acceptors (Lipinski definition) is 3. The zero-order valence-corrected chi connectivity index (χ0v) is 18.0. The molecule has 0 N–H and O–H groups in total. The van der Waals surface area contributed by atoms with Crippen molar-refractivity contribution in [1.82, 2.24) is 4.98 Å². The molecule has 0 aliphatic heterocycles. The number of pyridine rings is 1. The van der Waals surface area contributed by atoms with Crippen LogP contribution in [0.1, 0.15) is 30.2 Å². The molecule has 32 heavy (non-hydrogen) atoms. The molecule has 1 aliphatic rings. The number of hydrogen-bond donors (Lipinski definition) is 0. The predicted octanol–water partition coefficient (Wildman–Crippen LogP) is 6.87. The average Bonchev–Trinajstić information content (AvgIpc) is 3.21.